The number of carbonyl (C=O) groups excluding carboxylic acids is 2. The Kier molecular flexibility index (Phi) is 3.51. The Bertz CT molecular complexity index is 811. The number of imide groups is 1. The SMILES string of the molecule is Cc1cc(-n2nc(C3CC3)nc2CCC2NC(=O)NC2=O)ccn1. The first-order chi connectivity index (χ1) is 11.6. The van der Waals surface area contributed by atoms with Crippen LogP contribution in [0.4, 0.5) is 4.79 Å². The molecule has 1 aliphatic heterocycles. The zero-order chi connectivity index (χ0) is 16.7. The molecule has 1 atom stereocenters. The van der Waals surface area contributed by atoms with E-state index in [4.69, 9.17) is 0 Å². The van der Waals surface area contributed by atoms with Crippen molar-refractivity contribution >= 4 is 11.9 Å². The number of hydrogen-bond acceptors (Lipinski definition) is 5. The molecular formula is C16H18N6O2. The summed E-state index contributed by atoms with van der Waals surface area (Å²) in [6.45, 7) is 1.93. The third-order valence-corrected chi connectivity index (χ3v) is 4.27. The molecule has 3 amide bonds. The van der Waals surface area contributed by atoms with Gasteiger partial charge in [-0.2, -0.15) is 5.10 Å². The van der Waals surface area contributed by atoms with Crippen molar-refractivity contribution in [2.45, 2.75) is 44.6 Å². The van der Waals surface area contributed by atoms with E-state index < -0.39 is 12.1 Å². The average Bonchev–Trinajstić information content (AvgIpc) is 3.23. The van der Waals surface area contributed by atoms with Crippen molar-refractivity contribution in [3.05, 3.63) is 35.7 Å². The van der Waals surface area contributed by atoms with E-state index in [1.807, 2.05) is 23.7 Å². The van der Waals surface area contributed by atoms with Crippen molar-refractivity contribution in [3.8, 4) is 5.69 Å². The molecule has 24 heavy (non-hydrogen) atoms. The topological polar surface area (TPSA) is 102 Å². The van der Waals surface area contributed by atoms with Gasteiger partial charge in [-0.15, -0.1) is 0 Å². The van der Waals surface area contributed by atoms with Gasteiger partial charge in [-0.1, -0.05) is 0 Å². The molecule has 8 heteroatoms. The van der Waals surface area contributed by atoms with Gasteiger partial charge in [0.2, 0.25) is 0 Å². The van der Waals surface area contributed by atoms with Gasteiger partial charge in [0.15, 0.2) is 5.82 Å². The summed E-state index contributed by atoms with van der Waals surface area (Å²) < 4.78 is 1.83. The molecular weight excluding hydrogens is 308 g/mol. The lowest BCUT2D eigenvalue weighted by Crippen LogP contribution is -2.29. The Labute approximate surface area is 138 Å². The summed E-state index contributed by atoms with van der Waals surface area (Å²) in [6, 6.07) is 2.91. The average molecular weight is 326 g/mol. The van der Waals surface area contributed by atoms with Gasteiger partial charge >= 0.3 is 6.03 Å². The molecule has 1 aliphatic carbocycles. The maximum absolute atomic E-state index is 11.7. The predicted octanol–water partition coefficient (Wildman–Crippen LogP) is 0.989. The quantitative estimate of drug-likeness (QED) is 0.798. The smallest absolute Gasteiger partial charge is 0.322 e. The normalized spacial score (nSPS) is 20.1. The van der Waals surface area contributed by atoms with Gasteiger partial charge in [0, 0.05) is 24.2 Å². The highest BCUT2D eigenvalue weighted by Crippen LogP contribution is 2.38. The van der Waals surface area contributed by atoms with Gasteiger partial charge in [0.1, 0.15) is 11.9 Å². The highest BCUT2D eigenvalue weighted by atomic mass is 16.2. The summed E-state index contributed by atoms with van der Waals surface area (Å²) in [6.07, 6.45) is 5.04. The van der Waals surface area contributed by atoms with E-state index in [0.717, 1.165) is 35.9 Å². The predicted molar refractivity (Wildman–Crippen MR) is 84.6 cm³/mol. The second-order valence-corrected chi connectivity index (χ2v) is 6.28. The molecule has 2 N–H and O–H groups in total. The molecule has 8 nitrogen and oxygen atoms in total. The van der Waals surface area contributed by atoms with E-state index in [1.54, 1.807) is 6.20 Å². The lowest BCUT2D eigenvalue weighted by atomic mass is 10.1. The van der Waals surface area contributed by atoms with Gasteiger partial charge in [0.05, 0.1) is 5.69 Å². The molecule has 0 bridgehead atoms. The summed E-state index contributed by atoms with van der Waals surface area (Å²) in [5.41, 5.74) is 1.82. The van der Waals surface area contributed by atoms with Gasteiger partial charge in [-0.05, 0) is 38.3 Å². The highest BCUT2D eigenvalue weighted by molar-refractivity contribution is 6.04. The fourth-order valence-corrected chi connectivity index (χ4v) is 2.84. The van der Waals surface area contributed by atoms with Crippen LogP contribution in [0, 0.1) is 6.92 Å². The summed E-state index contributed by atoms with van der Waals surface area (Å²) in [7, 11) is 0. The molecule has 3 heterocycles. The van der Waals surface area contributed by atoms with Crippen LogP contribution in [0.5, 0.6) is 0 Å². The third kappa shape index (κ3) is 2.86. The van der Waals surface area contributed by atoms with Crippen LogP contribution < -0.4 is 10.6 Å². The minimum atomic E-state index is -0.508. The highest BCUT2D eigenvalue weighted by Gasteiger charge is 2.31. The summed E-state index contributed by atoms with van der Waals surface area (Å²) in [5, 5.41) is 9.52. The Morgan fingerprint density at radius 3 is 2.83 bits per heavy atom. The van der Waals surface area contributed by atoms with Crippen molar-refractivity contribution < 1.29 is 9.59 Å². The molecule has 0 aromatic carbocycles. The fraction of sp³-hybridized carbons (Fsp3) is 0.438. The van der Waals surface area contributed by atoms with Crippen LogP contribution in [0.1, 0.15) is 42.5 Å². The number of carbonyl (C=O) groups is 2. The number of rotatable bonds is 5. The fourth-order valence-electron chi connectivity index (χ4n) is 2.84. The van der Waals surface area contributed by atoms with E-state index in [0.29, 0.717) is 18.8 Å². The molecule has 2 aliphatic rings. The number of nitrogens with one attached hydrogen (secondary N) is 2. The second kappa shape index (κ2) is 5.70. The Morgan fingerprint density at radius 2 is 2.17 bits per heavy atom. The molecule has 1 unspecified atom stereocenters. The van der Waals surface area contributed by atoms with Crippen molar-refractivity contribution in [2.75, 3.05) is 0 Å². The second-order valence-electron chi connectivity index (χ2n) is 6.28. The van der Waals surface area contributed by atoms with Crippen LogP contribution in [0.2, 0.25) is 0 Å². The molecule has 1 saturated carbocycles. The number of aryl methyl sites for hydroxylation is 2. The van der Waals surface area contributed by atoms with Gasteiger partial charge in [-0.25, -0.2) is 14.5 Å². The van der Waals surface area contributed by atoms with Crippen LogP contribution in [0.25, 0.3) is 5.69 Å². The van der Waals surface area contributed by atoms with Crippen molar-refractivity contribution in [1.29, 1.82) is 0 Å². The van der Waals surface area contributed by atoms with E-state index >= 15 is 0 Å². The number of pyridine rings is 1. The van der Waals surface area contributed by atoms with E-state index in [1.165, 1.54) is 0 Å². The number of hydrogen-bond donors (Lipinski definition) is 2. The third-order valence-electron chi connectivity index (χ3n) is 4.27. The minimum Gasteiger partial charge on any atom is -0.326 e. The van der Waals surface area contributed by atoms with Gasteiger partial charge < -0.3 is 5.32 Å². The van der Waals surface area contributed by atoms with Gasteiger partial charge in [-0.3, -0.25) is 15.1 Å². The Hall–Kier alpha value is -2.77. The first-order valence-electron chi connectivity index (χ1n) is 8.10. The molecule has 2 fully saturated rings. The lowest BCUT2D eigenvalue weighted by Gasteiger charge is -2.08. The summed E-state index contributed by atoms with van der Waals surface area (Å²) in [5.74, 6) is 1.83. The van der Waals surface area contributed by atoms with Crippen LogP contribution >= 0.6 is 0 Å². The monoisotopic (exact) mass is 326 g/mol. The van der Waals surface area contributed by atoms with Crippen LogP contribution in [-0.4, -0.2) is 37.7 Å². The minimum absolute atomic E-state index is 0.284. The molecule has 2 aromatic rings. The maximum Gasteiger partial charge on any atom is 0.322 e. The molecule has 124 valence electrons. The maximum atomic E-state index is 11.7. The number of amides is 3. The molecule has 2 aromatic heterocycles. The first-order valence-corrected chi connectivity index (χ1v) is 8.10. The zero-order valence-electron chi connectivity index (χ0n) is 13.3. The number of aromatic nitrogens is 4. The van der Waals surface area contributed by atoms with Crippen LogP contribution in [0.3, 0.4) is 0 Å². The summed E-state index contributed by atoms with van der Waals surface area (Å²) >= 11 is 0. The molecule has 1 saturated heterocycles. The van der Waals surface area contributed by atoms with E-state index in [-0.39, 0.29) is 5.91 Å². The standard InChI is InChI=1S/C16H18N6O2/c1-9-8-11(6-7-17-9)22-13(19-14(21-22)10-2-3-10)5-4-12-15(23)20-16(24)18-12/h6-8,10,12H,2-5H2,1H3,(H2,18,20,23,24). The summed E-state index contributed by atoms with van der Waals surface area (Å²) in [4.78, 5) is 31.8. The van der Waals surface area contributed by atoms with Crippen LogP contribution in [-0.2, 0) is 11.2 Å². The van der Waals surface area contributed by atoms with Crippen molar-refractivity contribution in [1.82, 2.24) is 30.4 Å². The Morgan fingerprint density at radius 1 is 1.33 bits per heavy atom. The van der Waals surface area contributed by atoms with E-state index in [2.05, 4.69) is 25.7 Å². The van der Waals surface area contributed by atoms with E-state index in [9.17, 15) is 9.59 Å². The lowest BCUT2D eigenvalue weighted by molar-refractivity contribution is -0.120. The zero-order valence-corrected chi connectivity index (χ0v) is 13.3. The molecule has 4 rings (SSSR count). The van der Waals surface area contributed by atoms with Crippen molar-refractivity contribution in [2.24, 2.45) is 0 Å². The largest absolute Gasteiger partial charge is 0.326 e. The molecule has 0 spiro atoms. The molecule has 0 radical (unpaired) electrons. The van der Waals surface area contributed by atoms with Crippen LogP contribution in [0.15, 0.2) is 18.3 Å². The Balaban J connectivity index is 1.59. The number of nitrogens with zero attached hydrogens (tertiary/aromatic N) is 4. The van der Waals surface area contributed by atoms with Gasteiger partial charge in [0.25, 0.3) is 5.91 Å². The van der Waals surface area contributed by atoms with Crippen molar-refractivity contribution in [3.63, 3.8) is 0 Å². The number of urea groups is 1. The first kappa shape index (κ1) is 14.8.